The quantitative estimate of drug-likeness (QED) is 0.656. The molecule has 0 fully saturated rings. The maximum atomic E-state index is 12.9. The van der Waals surface area contributed by atoms with E-state index in [1.54, 1.807) is 7.11 Å². The zero-order chi connectivity index (χ0) is 21.5. The summed E-state index contributed by atoms with van der Waals surface area (Å²) >= 11 is 0. The van der Waals surface area contributed by atoms with Crippen LogP contribution >= 0.6 is 0 Å². The molecule has 30 heavy (non-hydrogen) atoms. The van der Waals surface area contributed by atoms with E-state index in [2.05, 4.69) is 5.10 Å². The highest BCUT2D eigenvalue weighted by molar-refractivity contribution is 6.03. The molecule has 7 heteroatoms. The largest absolute Gasteiger partial charge is 0.497 e. The van der Waals surface area contributed by atoms with Gasteiger partial charge in [-0.05, 0) is 30.2 Å². The number of amides is 1. The number of ether oxygens (including phenoxy) is 2. The summed E-state index contributed by atoms with van der Waals surface area (Å²) < 4.78 is 10.1. The van der Waals surface area contributed by atoms with Crippen LogP contribution in [0.5, 0.6) is 5.75 Å². The van der Waals surface area contributed by atoms with Crippen LogP contribution in [0.15, 0.2) is 59.7 Å². The second kappa shape index (κ2) is 9.70. The second-order valence-electron chi connectivity index (χ2n) is 6.91. The number of carbonyl (C=O) groups is 2. The summed E-state index contributed by atoms with van der Waals surface area (Å²) in [6.45, 7) is 1.48. The topological polar surface area (TPSA) is 92.0 Å². The standard InChI is InChI=1S/C23H23N3O4/c1-16(15-24)30-23(28)13-12-22(27)26-21(18-8-10-19(29-2)11-9-18)14-20(25-26)17-6-4-3-5-7-17/h3-11,16,21H,12-14H2,1-2H3/t16-,21+/m0/s1. The Bertz CT molecular complexity index is 964. The van der Waals surface area contributed by atoms with Gasteiger partial charge in [0.05, 0.1) is 25.3 Å². The Morgan fingerprint density at radius 2 is 1.87 bits per heavy atom. The molecule has 0 bridgehead atoms. The third-order valence-corrected chi connectivity index (χ3v) is 4.81. The Morgan fingerprint density at radius 3 is 2.50 bits per heavy atom. The summed E-state index contributed by atoms with van der Waals surface area (Å²) in [4.78, 5) is 24.8. The minimum absolute atomic E-state index is 0.0464. The molecule has 2 aromatic carbocycles. The van der Waals surface area contributed by atoms with Gasteiger partial charge in [0.2, 0.25) is 5.91 Å². The average Bonchev–Trinajstić information content (AvgIpc) is 3.23. The lowest BCUT2D eigenvalue weighted by molar-refractivity contribution is -0.148. The van der Waals surface area contributed by atoms with E-state index in [4.69, 9.17) is 14.7 Å². The molecule has 0 N–H and O–H groups in total. The van der Waals surface area contributed by atoms with Crippen molar-refractivity contribution in [2.24, 2.45) is 5.10 Å². The zero-order valence-electron chi connectivity index (χ0n) is 16.9. The zero-order valence-corrected chi connectivity index (χ0v) is 16.9. The molecule has 0 aromatic heterocycles. The Morgan fingerprint density at radius 1 is 1.17 bits per heavy atom. The van der Waals surface area contributed by atoms with Gasteiger partial charge < -0.3 is 9.47 Å². The van der Waals surface area contributed by atoms with Crippen LogP contribution in [0.2, 0.25) is 0 Å². The molecule has 1 aliphatic rings. The highest BCUT2D eigenvalue weighted by atomic mass is 16.5. The van der Waals surface area contributed by atoms with Crippen molar-refractivity contribution in [1.29, 1.82) is 5.26 Å². The van der Waals surface area contributed by atoms with E-state index >= 15 is 0 Å². The number of hydrogen-bond donors (Lipinski definition) is 0. The number of methoxy groups -OCH3 is 1. The molecule has 2 aromatic rings. The summed E-state index contributed by atoms with van der Waals surface area (Å²) in [6.07, 6.45) is -0.422. The number of carbonyl (C=O) groups excluding carboxylic acids is 2. The van der Waals surface area contributed by atoms with Crippen molar-refractivity contribution in [3.63, 3.8) is 0 Å². The number of benzene rings is 2. The van der Waals surface area contributed by atoms with Gasteiger partial charge in [-0.2, -0.15) is 10.4 Å². The van der Waals surface area contributed by atoms with Crippen molar-refractivity contribution >= 4 is 17.6 Å². The number of hydrogen-bond acceptors (Lipinski definition) is 6. The van der Waals surface area contributed by atoms with Crippen molar-refractivity contribution in [3.8, 4) is 11.8 Å². The van der Waals surface area contributed by atoms with Gasteiger partial charge in [0.25, 0.3) is 0 Å². The van der Waals surface area contributed by atoms with Crippen molar-refractivity contribution in [2.75, 3.05) is 7.11 Å². The van der Waals surface area contributed by atoms with Crippen molar-refractivity contribution < 1.29 is 19.1 Å². The van der Waals surface area contributed by atoms with Crippen LogP contribution < -0.4 is 4.74 Å². The smallest absolute Gasteiger partial charge is 0.307 e. The first-order valence-corrected chi connectivity index (χ1v) is 9.70. The first-order valence-electron chi connectivity index (χ1n) is 9.70. The Hall–Kier alpha value is -3.66. The molecule has 1 heterocycles. The third-order valence-electron chi connectivity index (χ3n) is 4.81. The highest BCUT2D eigenvalue weighted by Gasteiger charge is 2.33. The van der Waals surface area contributed by atoms with Crippen LogP contribution in [0, 0.1) is 11.3 Å². The molecule has 2 atom stereocenters. The Labute approximate surface area is 175 Å². The normalized spacial score (nSPS) is 16.4. The Kier molecular flexibility index (Phi) is 6.81. The van der Waals surface area contributed by atoms with E-state index in [9.17, 15) is 9.59 Å². The van der Waals surface area contributed by atoms with Gasteiger partial charge in [-0.1, -0.05) is 42.5 Å². The predicted octanol–water partition coefficient (Wildman–Crippen LogP) is 3.61. The van der Waals surface area contributed by atoms with Crippen molar-refractivity contribution in [3.05, 3.63) is 65.7 Å². The van der Waals surface area contributed by atoms with E-state index in [-0.39, 0.29) is 24.8 Å². The van der Waals surface area contributed by atoms with Crippen LogP contribution in [0.25, 0.3) is 0 Å². The lowest BCUT2D eigenvalue weighted by Crippen LogP contribution is -2.27. The molecule has 7 nitrogen and oxygen atoms in total. The van der Waals surface area contributed by atoms with Crippen molar-refractivity contribution in [1.82, 2.24) is 5.01 Å². The fourth-order valence-electron chi connectivity index (χ4n) is 3.24. The van der Waals surface area contributed by atoms with Crippen molar-refractivity contribution in [2.45, 2.75) is 38.3 Å². The molecular weight excluding hydrogens is 382 g/mol. The molecule has 0 saturated carbocycles. The maximum Gasteiger partial charge on any atom is 0.307 e. The van der Waals surface area contributed by atoms with Gasteiger partial charge in [-0.3, -0.25) is 9.59 Å². The minimum Gasteiger partial charge on any atom is -0.497 e. The lowest BCUT2D eigenvalue weighted by atomic mass is 9.98. The average molecular weight is 405 g/mol. The first kappa shape index (κ1) is 21.1. The molecule has 3 rings (SSSR count). The number of nitrogens with zero attached hydrogens (tertiary/aromatic N) is 3. The van der Waals surface area contributed by atoms with Crippen LogP contribution in [0.3, 0.4) is 0 Å². The van der Waals surface area contributed by atoms with E-state index in [1.165, 1.54) is 11.9 Å². The fraction of sp³-hybridized carbons (Fsp3) is 0.304. The fourth-order valence-corrected chi connectivity index (χ4v) is 3.24. The van der Waals surface area contributed by atoms with Gasteiger partial charge in [-0.15, -0.1) is 0 Å². The van der Waals surface area contributed by atoms with Crippen LogP contribution in [-0.4, -0.2) is 35.8 Å². The minimum atomic E-state index is -0.839. The first-order chi connectivity index (χ1) is 14.5. The maximum absolute atomic E-state index is 12.9. The molecule has 0 saturated heterocycles. The number of hydrazone groups is 1. The molecule has 0 spiro atoms. The summed E-state index contributed by atoms with van der Waals surface area (Å²) in [5.41, 5.74) is 2.69. The summed E-state index contributed by atoms with van der Waals surface area (Å²) in [5, 5.41) is 14.8. The van der Waals surface area contributed by atoms with Gasteiger partial charge in [0.1, 0.15) is 11.8 Å². The SMILES string of the molecule is COc1ccc([C@H]2CC(c3ccccc3)=NN2C(=O)CCC(=O)O[C@@H](C)C#N)cc1. The third kappa shape index (κ3) is 5.03. The number of esters is 1. The van der Waals surface area contributed by atoms with Crippen LogP contribution in [0.1, 0.15) is 43.4 Å². The molecule has 0 unspecified atom stereocenters. The summed E-state index contributed by atoms with van der Waals surface area (Å²) in [5.74, 6) is -0.124. The van der Waals surface area contributed by atoms with E-state index in [0.29, 0.717) is 6.42 Å². The van der Waals surface area contributed by atoms with Gasteiger partial charge in [0.15, 0.2) is 6.10 Å². The monoisotopic (exact) mass is 405 g/mol. The molecule has 0 aliphatic carbocycles. The van der Waals surface area contributed by atoms with Crippen LogP contribution in [-0.2, 0) is 14.3 Å². The highest BCUT2D eigenvalue weighted by Crippen LogP contribution is 2.34. The molecule has 154 valence electrons. The number of nitriles is 1. The second-order valence-corrected chi connectivity index (χ2v) is 6.91. The predicted molar refractivity (Wildman–Crippen MR) is 111 cm³/mol. The molecule has 1 amide bonds. The molecular formula is C23H23N3O4. The van der Waals surface area contributed by atoms with Gasteiger partial charge >= 0.3 is 5.97 Å². The summed E-state index contributed by atoms with van der Waals surface area (Å²) in [7, 11) is 1.60. The number of rotatable bonds is 7. The van der Waals surface area contributed by atoms with Gasteiger partial charge in [-0.25, -0.2) is 5.01 Å². The van der Waals surface area contributed by atoms with E-state index in [0.717, 1.165) is 22.6 Å². The molecule has 1 aliphatic heterocycles. The summed E-state index contributed by atoms with van der Waals surface area (Å²) in [6, 6.07) is 18.8. The lowest BCUT2D eigenvalue weighted by Gasteiger charge is -2.22. The van der Waals surface area contributed by atoms with E-state index < -0.39 is 12.1 Å². The van der Waals surface area contributed by atoms with Crippen LogP contribution in [0.4, 0.5) is 0 Å². The molecule has 0 radical (unpaired) electrons. The van der Waals surface area contributed by atoms with E-state index in [1.807, 2.05) is 60.7 Å². The Balaban J connectivity index is 1.78. The van der Waals surface area contributed by atoms with Gasteiger partial charge in [0, 0.05) is 12.8 Å².